The third kappa shape index (κ3) is 3.07. The zero-order chi connectivity index (χ0) is 6.91. The second kappa shape index (κ2) is 5.09. The lowest BCUT2D eigenvalue weighted by molar-refractivity contribution is 0.0646. The molecule has 0 radical (unpaired) electrons. The van der Waals surface area contributed by atoms with Gasteiger partial charge < -0.3 is 11.1 Å². The molecule has 0 aromatic rings. The molecule has 70 valence electrons. The molecule has 1 rings (SSSR count). The van der Waals surface area contributed by atoms with Gasteiger partial charge in [0.1, 0.15) is 0 Å². The molecule has 1 aliphatic rings. The number of halogens is 4. The summed E-state index contributed by atoms with van der Waals surface area (Å²) in [5.74, 6) is 0. The molecule has 0 amide bonds. The van der Waals surface area contributed by atoms with E-state index >= 15 is 0 Å². The Bertz CT molecular complexity index is 107. The van der Waals surface area contributed by atoms with Crippen LogP contribution in [0.2, 0.25) is 0 Å². The summed E-state index contributed by atoms with van der Waals surface area (Å²) in [6.07, 6.45) is -2.02. The van der Waals surface area contributed by atoms with E-state index in [0.29, 0.717) is 13.0 Å². The van der Waals surface area contributed by atoms with Gasteiger partial charge in [0.15, 0.2) is 0 Å². The normalized spacial score (nSPS) is 29.5. The van der Waals surface area contributed by atoms with Gasteiger partial charge in [0, 0.05) is 6.54 Å². The second-order valence-electron chi connectivity index (χ2n) is 2.46. The highest BCUT2D eigenvalue weighted by Crippen LogP contribution is 2.19. The number of rotatable bonds is 1. The molecule has 1 saturated heterocycles. The van der Waals surface area contributed by atoms with Crippen LogP contribution in [0.4, 0.5) is 8.78 Å². The minimum absolute atomic E-state index is 0. The zero-order valence-corrected chi connectivity index (χ0v) is 7.48. The van der Waals surface area contributed by atoms with E-state index in [-0.39, 0.29) is 31.4 Å². The van der Waals surface area contributed by atoms with Gasteiger partial charge >= 0.3 is 0 Å². The fourth-order valence-electron chi connectivity index (χ4n) is 0.917. The molecule has 1 heterocycles. The first-order chi connectivity index (χ1) is 4.15. The monoisotopic (exact) mass is 208 g/mol. The van der Waals surface area contributed by atoms with E-state index in [9.17, 15) is 8.78 Å². The van der Waals surface area contributed by atoms with Crippen molar-refractivity contribution in [1.29, 1.82) is 0 Å². The summed E-state index contributed by atoms with van der Waals surface area (Å²) >= 11 is 0. The minimum Gasteiger partial charge on any atom is -0.319 e. The Morgan fingerprint density at radius 2 is 1.91 bits per heavy atom. The summed E-state index contributed by atoms with van der Waals surface area (Å²) in [5.41, 5.74) is 4.04. The average Bonchev–Trinajstić information content (AvgIpc) is 2.16. The maximum Gasteiger partial charge on any atom is 0.257 e. The van der Waals surface area contributed by atoms with E-state index in [4.69, 9.17) is 5.73 Å². The van der Waals surface area contributed by atoms with E-state index < -0.39 is 12.0 Å². The highest BCUT2D eigenvalue weighted by molar-refractivity contribution is 5.85. The molecule has 1 unspecified atom stereocenters. The molecule has 1 aliphatic heterocycles. The zero-order valence-electron chi connectivity index (χ0n) is 5.85. The predicted molar refractivity (Wildman–Crippen MR) is 44.9 cm³/mol. The Balaban J connectivity index is 0. The first-order valence-corrected chi connectivity index (χ1v) is 2.93. The van der Waals surface area contributed by atoms with Crippen LogP contribution in [0.1, 0.15) is 6.42 Å². The van der Waals surface area contributed by atoms with Crippen molar-refractivity contribution in [3.8, 4) is 0 Å². The third-order valence-electron chi connectivity index (χ3n) is 1.66. The van der Waals surface area contributed by atoms with Crippen LogP contribution in [0.25, 0.3) is 0 Å². The number of hydrogen-bond acceptors (Lipinski definition) is 2. The molecule has 11 heavy (non-hydrogen) atoms. The van der Waals surface area contributed by atoms with Crippen LogP contribution >= 0.6 is 24.8 Å². The fraction of sp³-hybridized carbons (Fsp3) is 1.00. The van der Waals surface area contributed by atoms with Gasteiger partial charge in [-0.25, -0.2) is 8.78 Å². The van der Waals surface area contributed by atoms with E-state index in [2.05, 4.69) is 5.32 Å². The summed E-state index contributed by atoms with van der Waals surface area (Å²) in [7, 11) is 0. The van der Waals surface area contributed by atoms with Gasteiger partial charge in [-0.05, 0) is 13.0 Å². The summed E-state index contributed by atoms with van der Waals surface area (Å²) < 4.78 is 23.9. The maximum atomic E-state index is 12.0. The number of hydrogen-bond donors (Lipinski definition) is 2. The average molecular weight is 209 g/mol. The Morgan fingerprint density at radius 3 is 2.09 bits per heavy atom. The van der Waals surface area contributed by atoms with Crippen LogP contribution in [0.5, 0.6) is 0 Å². The van der Waals surface area contributed by atoms with E-state index in [1.165, 1.54) is 0 Å². The van der Waals surface area contributed by atoms with Gasteiger partial charge in [0.05, 0.1) is 5.54 Å². The molecule has 3 N–H and O–H groups in total. The minimum atomic E-state index is -2.40. The summed E-state index contributed by atoms with van der Waals surface area (Å²) in [4.78, 5) is 0. The van der Waals surface area contributed by atoms with E-state index in [1.54, 1.807) is 0 Å². The molecule has 1 fully saturated rings. The fourth-order valence-corrected chi connectivity index (χ4v) is 0.917. The molecule has 2 nitrogen and oxygen atoms in total. The van der Waals surface area contributed by atoms with Crippen molar-refractivity contribution in [2.45, 2.75) is 18.4 Å². The highest BCUT2D eigenvalue weighted by Gasteiger charge is 2.38. The molecule has 0 bridgehead atoms. The van der Waals surface area contributed by atoms with Crippen molar-refractivity contribution in [2.24, 2.45) is 5.73 Å². The molecule has 0 aliphatic carbocycles. The van der Waals surface area contributed by atoms with Gasteiger partial charge in [-0.3, -0.25) is 0 Å². The Kier molecular flexibility index (Phi) is 6.43. The lowest BCUT2D eigenvalue weighted by atomic mass is 10.0. The largest absolute Gasteiger partial charge is 0.319 e. The van der Waals surface area contributed by atoms with Crippen molar-refractivity contribution < 1.29 is 8.78 Å². The molecular weight excluding hydrogens is 197 g/mol. The van der Waals surface area contributed by atoms with Gasteiger partial charge in [0.25, 0.3) is 6.43 Å². The smallest absolute Gasteiger partial charge is 0.257 e. The number of nitrogens with one attached hydrogen (secondary N) is 1. The molecule has 6 heteroatoms. The SMILES string of the molecule is Cl.Cl.NC1(C(F)F)CCNC1. The van der Waals surface area contributed by atoms with Crippen molar-refractivity contribution in [3.63, 3.8) is 0 Å². The molecule has 0 saturated carbocycles. The van der Waals surface area contributed by atoms with Crippen molar-refractivity contribution >= 4 is 24.8 Å². The quantitative estimate of drug-likeness (QED) is 0.669. The first-order valence-electron chi connectivity index (χ1n) is 2.93. The third-order valence-corrected chi connectivity index (χ3v) is 1.66. The lowest BCUT2D eigenvalue weighted by Crippen LogP contribution is -2.48. The Labute approximate surface area is 76.7 Å². The lowest BCUT2D eigenvalue weighted by Gasteiger charge is -2.20. The standard InChI is InChI=1S/C5H10F2N2.2ClH/c6-4(7)5(8)1-2-9-3-5;;/h4,9H,1-3,8H2;2*1H. The van der Waals surface area contributed by atoms with Crippen LogP contribution in [0.3, 0.4) is 0 Å². The van der Waals surface area contributed by atoms with Gasteiger partial charge in [-0.2, -0.15) is 0 Å². The number of nitrogens with two attached hydrogens (primary N) is 1. The van der Waals surface area contributed by atoms with Crippen molar-refractivity contribution in [3.05, 3.63) is 0 Å². The van der Waals surface area contributed by atoms with Crippen LogP contribution in [-0.4, -0.2) is 25.1 Å². The molecule has 0 aromatic carbocycles. The second-order valence-corrected chi connectivity index (χ2v) is 2.46. The first kappa shape index (κ1) is 13.9. The summed E-state index contributed by atoms with van der Waals surface area (Å²) in [6, 6.07) is 0. The van der Waals surface area contributed by atoms with Crippen LogP contribution in [0.15, 0.2) is 0 Å². The van der Waals surface area contributed by atoms with E-state index in [1.807, 2.05) is 0 Å². The van der Waals surface area contributed by atoms with Crippen molar-refractivity contribution in [1.82, 2.24) is 5.32 Å². The van der Waals surface area contributed by atoms with Crippen LogP contribution < -0.4 is 11.1 Å². The molecular formula is C5H12Cl2F2N2. The predicted octanol–water partition coefficient (Wildman–Crippen LogP) is 0.786. The maximum absolute atomic E-state index is 12.0. The van der Waals surface area contributed by atoms with Crippen LogP contribution in [-0.2, 0) is 0 Å². The Hall–Kier alpha value is 0.360. The van der Waals surface area contributed by atoms with Gasteiger partial charge in [0.2, 0.25) is 0 Å². The Morgan fingerprint density at radius 1 is 1.36 bits per heavy atom. The topological polar surface area (TPSA) is 38.0 Å². The number of alkyl halides is 2. The van der Waals surface area contributed by atoms with Crippen LogP contribution in [0, 0.1) is 0 Å². The molecule has 0 spiro atoms. The molecule has 0 aromatic heterocycles. The summed E-state index contributed by atoms with van der Waals surface area (Å²) in [6.45, 7) is 0.853. The van der Waals surface area contributed by atoms with Gasteiger partial charge in [-0.1, -0.05) is 0 Å². The molecule has 1 atom stereocenters. The highest BCUT2D eigenvalue weighted by atomic mass is 35.5. The van der Waals surface area contributed by atoms with E-state index in [0.717, 1.165) is 0 Å². The van der Waals surface area contributed by atoms with Crippen molar-refractivity contribution in [2.75, 3.05) is 13.1 Å². The summed E-state index contributed by atoms with van der Waals surface area (Å²) in [5, 5.41) is 2.79. The van der Waals surface area contributed by atoms with Gasteiger partial charge in [-0.15, -0.1) is 24.8 Å².